The molecular weight excluding hydrogens is 458 g/mol. The number of nitriles is 1. The topological polar surface area (TPSA) is 100 Å². The minimum atomic E-state index is -4.16. The third-order valence-electron chi connectivity index (χ3n) is 5.69. The molecule has 0 atom stereocenters. The number of fused-ring (bicyclic) bond motifs is 1. The fourth-order valence-electron chi connectivity index (χ4n) is 3.83. The zero-order valence-electron chi connectivity index (χ0n) is 18.3. The van der Waals surface area contributed by atoms with Crippen molar-refractivity contribution in [2.24, 2.45) is 5.92 Å². The number of hydrogen-bond donors (Lipinski definition) is 0. The van der Waals surface area contributed by atoms with Gasteiger partial charge in [0.05, 0.1) is 10.2 Å². The fraction of sp³-hybridized carbons (Fsp3) is 0.292. The van der Waals surface area contributed by atoms with E-state index in [9.17, 15) is 18.5 Å². The Kier molecular flexibility index (Phi) is 6.49. The highest BCUT2D eigenvalue weighted by Gasteiger charge is 2.32. The van der Waals surface area contributed by atoms with Crippen molar-refractivity contribution in [3.05, 3.63) is 64.9 Å². The lowest BCUT2D eigenvalue weighted by atomic mass is 9.92. The van der Waals surface area contributed by atoms with E-state index in [1.165, 1.54) is 30.4 Å². The Balaban J connectivity index is 1.78. The molecule has 2 aromatic carbocycles. The van der Waals surface area contributed by atoms with Crippen LogP contribution in [0, 0.1) is 24.2 Å². The van der Waals surface area contributed by atoms with Crippen LogP contribution in [0.25, 0.3) is 15.8 Å². The highest BCUT2D eigenvalue weighted by molar-refractivity contribution is 7.86. The monoisotopic (exact) mass is 481 g/mol. The van der Waals surface area contributed by atoms with E-state index in [2.05, 4.69) is 11.1 Å². The first-order valence-corrected chi connectivity index (χ1v) is 12.8. The van der Waals surface area contributed by atoms with E-state index in [4.69, 9.17) is 4.18 Å². The second-order valence-electron chi connectivity index (χ2n) is 7.97. The molecule has 0 unspecified atom stereocenters. The minimum absolute atomic E-state index is 0.0216. The lowest BCUT2D eigenvalue weighted by Crippen LogP contribution is -2.38. The largest absolute Gasteiger partial charge is 0.382 e. The SMILES string of the molecule is CC(=O)N1CCC(/C(OS(=O)(=O)c2ccc(C)cc2)=C(\C#N)c2nc3ccccc3s2)CC1. The number of para-hydroxylation sites is 1. The van der Waals surface area contributed by atoms with E-state index < -0.39 is 10.1 Å². The molecule has 9 heteroatoms. The number of amides is 1. The number of benzene rings is 2. The summed E-state index contributed by atoms with van der Waals surface area (Å²) in [5, 5.41) is 10.5. The van der Waals surface area contributed by atoms with Crippen molar-refractivity contribution in [2.75, 3.05) is 13.1 Å². The summed E-state index contributed by atoms with van der Waals surface area (Å²) >= 11 is 1.32. The molecule has 3 aromatic rings. The lowest BCUT2D eigenvalue weighted by Gasteiger charge is -2.32. The van der Waals surface area contributed by atoms with Gasteiger partial charge in [0, 0.05) is 25.9 Å². The first kappa shape index (κ1) is 23.0. The highest BCUT2D eigenvalue weighted by atomic mass is 32.2. The number of rotatable bonds is 5. The van der Waals surface area contributed by atoms with E-state index in [0.717, 1.165) is 15.8 Å². The molecule has 1 aliphatic rings. The van der Waals surface area contributed by atoms with Gasteiger partial charge >= 0.3 is 10.1 Å². The van der Waals surface area contributed by atoms with Crippen molar-refractivity contribution >= 4 is 43.2 Å². The van der Waals surface area contributed by atoms with Gasteiger partial charge in [-0.25, -0.2) is 4.98 Å². The van der Waals surface area contributed by atoms with Gasteiger partial charge < -0.3 is 9.08 Å². The zero-order chi connectivity index (χ0) is 23.6. The van der Waals surface area contributed by atoms with Crippen LogP contribution in [0.3, 0.4) is 0 Å². The molecule has 1 aromatic heterocycles. The van der Waals surface area contributed by atoms with Crippen LogP contribution in [0.15, 0.2) is 59.2 Å². The lowest BCUT2D eigenvalue weighted by molar-refractivity contribution is -0.130. The second-order valence-corrected chi connectivity index (χ2v) is 10.5. The summed E-state index contributed by atoms with van der Waals surface area (Å²) in [4.78, 5) is 18.0. The fourth-order valence-corrected chi connectivity index (χ4v) is 5.82. The number of aromatic nitrogens is 1. The number of piperidine rings is 1. The summed E-state index contributed by atoms with van der Waals surface area (Å²) in [5.41, 5.74) is 1.78. The summed E-state index contributed by atoms with van der Waals surface area (Å²) in [6, 6.07) is 16.0. The number of allylic oxidation sites excluding steroid dienone is 2. The Morgan fingerprint density at radius 3 is 2.42 bits per heavy atom. The first-order valence-electron chi connectivity index (χ1n) is 10.6. The quantitative estimate of drug-likeness (QED) is 0.302. The van der Waals surface area contributed by atoms with Crippen LogP contribution in [0.1, 0.15) is 30.3 Å². The molecule has 0 bridgehead atoms. The molecule has 7 nitrogen and oxygen atoms in total. The Morgan fingerprint density at radius 1 is 1.15 bits per heavy atom. The van der Waals surface area contributed by atoms with E-state index >= 15 is 0 Å². The van der Waals surface area contributed by atoms with Gasteiger partial charge in [0.1, 0.15) is 27.3 Å². The Hall–Kier alpha value is -3.22. The number of likely N-dealkylation sites (tertiary alicyclic amines) is 1. The van der Waals surface area contributed by atoms with Crippen LogP contribution in [-0.4, -0.2) is 37.3 Å². The predicted molar refractivity (Wildman–Crippen MR) is 127 cm³/mol. The van der Waals surface area contributed by atoms with Crippen LogP contribution < -0.4 is 0 Å². The minimum Gasteiger partial charge on any atom is -0.382 e. The number of carbonyl (C=O) groups is 1. The van der Waals surface area contributed by atoms with E-state index in [1.54, 1.807) is 17.0 Å². The van der Waals surface area contributed by atoms with Gasteiger partial charge in [-0.05, 0) is 44.0 Å². The number of carbonyl (C=O) groups excluding carboxylic acids is 1. The molecule has 0 N–H and O–H groups in total. The van der Waals surface area contributed by atoms with Crippen LogP contribution in [-0.2, 0) is 19.1 Å². The predicted octanol–water partition coefficient (Wildman–Crippen LogP) is 4.50. The molecule has 1 saturated heterocycles. The van der Waals surface area contributed by atoms with Crippen molar-refractivity contribution in [1.29, 1.82) is 5.26 Å². The van der Waals surface area contributed by atoms with E-state index in [0.29, 0.717) is 30.9 Å². The standard InChI is InChI=1S/C24H23N3O4S2/c1-16-7-9-19(10-8-16)33(29,30)31-23(18-11-13-27(14-12-18)17(2)28)20(15-25)24-26-21-5-3-4-6-22(21)32-24/h3-10,18H,11-14H2,1-2H3/b23-20-. The van der Waals surface area contributed by atoms with Crippen molar-refractivity contribution in [3.8, 4) is 6.07 Å². The van der Waals surface area contributed by atoms with Gasteiger partial charge in [-0.1, -0.05) is 29.8 Å². The third-order valence-corrected chi connectivity index (χ3v) is 7.99. The van der Waals surface area contributed by atoms with Gasteiger partial charge in [-0.15, -0.1) is 11.3 Å². The highest BCUT2D eigenvalue weighted by Crippen LogP contribution is 2.36. The van der Waals surface area contributed by atoms with Crippen LogP contribution in [0.5, 0.6) is 0 Å². The summed E-state index contributed by atoms with van der Waals surface area (Å²) < 4.78 is 32.9. The average molecular weight is 482 g/mol. The Bertz CT molecular complexity index is 1330. The van der Waals surface area contributed by atoms with Crippen LogP contribution >= 0.6 is 11.3 Å². The summed E-state index contributed by atoms with van der Waals surface area (Å²) in [6.45, 7) is 4.32. The molecule has 0 spiro atoms. The summed E-state index contributed by atoms with van der Waals surface area (Å²) in [6.07, 6.45) is 0.989. The molecule has 1 fully saturated rings. The number of aryl methyl sites for hydroxylation is 1. The first-order chi connectivity index (χ1) is 15.8. The van der Waals surface area contributed by atoms with Crippen molar-refractivity contribution in [1.82, 2.24) is 9.88 Å². The molecule has 0 radical (unpaired) electrons. The smallest absolute Gasteiger partial charge is 0.338 e. The number of hydrogen-bond acceptors (Lipinski definition) is 7. The van der Waals surface area contributed by atoms with E-state index in [1.807, 2.05) is 31.2 Å². The maximum Gasteiger partial charge on any atom is 0.338 e. The molecule has 1 aliphatic heterocycles. The summed E-state index contributed by atoms with van der Waals surface area (Å²) in [7, 11) is -4.16. The van der Waals surface area contributed by atoms with Gasteiger partial charge in [-0.3, -0.25) is 4.79 Å². The van der Waals surface area contributed by atoms with Crippen LogP contribution in [0.2, 0.25) is 0 Å². The van der Waals surface area contributed by atoms with E-state index in [-0.39, 0.29) is 28.1 Å². The molecule has 4 rings (SSSR count). The molecule has 0 aliphatic carbocycles. The maximum atomic E-state index is 13.1. The van der Waals surface area contributed by atoms with Gasteiger partial charge in [0.25, 0.3) is 0 Å². The Morgan fingerprint density at radius 2 is 1.82 bits per heavy atom. The zero-order valence-corrected chi connectivity index (χ0v) is 19.9. The second kappa shape index (κ2) is 9.33. The van der Waals surface area contributed by atoms with Crippen molar-refractivity contribution in [3.63, 3.8) is 0 Å². The van der Waals surface area contributed by atoms with Crippen molar-refractivity contribution in [2.45, 2.75) is 31.6 Å². The van der Waals surface area contributed by atoms with Crippen molar-refractivity contribution < 1.29 is 17.4 Å². The van der Waals surface area contributed by atoms with Gasteiger partial charge in [0.2, 0.25) is 5.91 Å². The Labute approximate surface area is 197 Å². The molecule has 170 valence electrons. The van der Waals surface area contributed by atoms with Crippen LogP contribution in [0.4, 0.5) is 0 Å². The maximum absolute atomic E-state index is 13.1. The molecule has 1 amide bonds. The molecular formula is C24H23N3O4S2. The van der Waals surface area contributed by atoms with Gasteiger partial charge in [-0.2, -0.15) is 13.7 Å². The summed E-state index contributed by atoms with van der Waals surface area (Å²) in [5.74, 6) is -0.262. The molecule has 0 saturated carbocycles. The third kappa shape index (κ3) is 4.92. The normalized spacial score (nSPS) is 15.7. The van der Waals surface area contributed by atoms with Gasteiger partial charge in [0.15, 0.2) is 0 Å². The molecule has 33 heavy (non-hydrogen) atoms. The number of nitrogens with zero attached hydrogens (tertiary/aromatic N) is 3. The molecule has 2 heterocycles. The number of thiazole rings is 1. The average Bonchev–Trinajstić information content (AvgIpc) is 3.23.